The number of ether oxygens (including phenoxy) is 3. The van der Waals surface area contributed by atoms with Gasteiger partial charge in [0.05, 0.1) is 29.0 Å². The Morgan fingerprint density at radius 1 is 1.03 bits per heavy atom. The van der Waals surface area contributed by atoms with E-state index >= 15 is 0 Å². The fraction of sp³-hybridized carbons (Fsp3) is 0.464. The summed E-state index contributed by atoms with van der Waals surface area (Å²) in [6, 6.07) is 5.68. The van der Waals surface area contributed by atoms with Crippen LogP contribution in [0.15, 0.2) is 23.0 Å². The minimum absolute atomic E-state index is 0.115. The molecule has 192 valence electrons. The van der Waals surface area contributed by atoms with Gasteiger partial charge in [0, 0.05) is 29.1 Å². The number of likely N-dealkylation sites (tertiary alicyclic amines) is 1. The van der Waals surface area contributed by atoms with Crippen molar-refractivity contribution in [3.05, 3.63) is 50.8 Å². The molecule has 0 unspecified atom stereocenters. The average Bonchev–Trinajstić information content (AvgIpc) is 3.53. The van der Waals surface area contributed by atoms with Crippen LogP contribution in [0.1, 0.15) is 54.9 Å². The summed E-state index contributed by atoms with van der Waals surface area (Å²) in [5, 5.41) is 12.2. The zero-order chi connectivity index (χ0) is 25.3. The van der Waals surface area contributed by atoms with E-state index in [9.17, 15) is 14.7 Å². The van der Waals surface area contributed by atoms with Gasteiger partial charge in [0.2, 0.25) is 6.79 Å². The molecule has 7 rings (SSSR count). The van der Waals surface area contributed by atoms with Crippen LogP contribution in [0.5, 0.6) is 11.5 Å². The lowest BCUT2D eigenvalue weighted by molar-refractivity contribution is -0.172. The van der Waals surface area contributed by atoms with E-state index in [2.05, 4.69) is 4.90 Å². The number of pyridine rings is 2. The fourth-order valence-electron chi connectivity index (χ4n) is 6.29. The second-order valence-corrected chi connectivity index (χ2v) is 10.4. The molecule has 0 aliphatic carbocycles. The molecule has 9 heteroatoms. The molecule has 0 bridgehead atoms. The molecule has 6 heterocycles. The van der Waals surface area contributed by atoms with E-state index in [1.807, 2.05) is 12.1 Å². The van der Waals surface area contributed by atoms with Gasteiger partial charge < -0.3 is 28.8 Å². The molecule has 4 aliphatic heterocycles. The highest BCUT2D eigenvalue weighted by molar-refractivity contribution is 5.91. The van der Waals surface area contributed by atoms with Crippen molar-refractivity contribution in [2.75, 3.05) is 26.4 Å². The number of benzene rings is 1. The summed E-state index contributed by atoms with van der Waals surface area (Å²) in [4.78, 5) is 33.7. The van der Waals surface area contributed by atoms with E-state index in [4.69, 9.17) is 19.2 Å². The molecule has 0 amide bonds. The molecule has 0 saturated carbocycles. The summed E-state index contributed by atoms with van der Waals surface area (Å²) in [5.41, 5.74) is 2.86. The second-order valence-electron chi connectivity index (χ2n) is 10.4. The van der Waals surface area contributed by atoms with Crippen molar-refractivity contribution in [1.29, 1.82) is 0 Å². The molecule has 37 heavy (non-hydrogen) atoms. The van der Waals surface area contributed by atoms with Crippen molar-refractivity contribution in [2.45, 2.75) is 57.8 Å². The predicted molar refractivity (Wildman–Crippen MR) is 135 cm³/mol. The largest absolute Gasteiger partial charge is 0.458 e. The summed E-state index contributed by atoms with van der Waals surface area (Å²) < 4.78 is 18.2. The van der Waals surface area contributed by atoms with Crippen LogP contribution in [0.4, 0.5) is 0 Å². The molecule has 0 spiro atoms. The number of hydrogen-bond donors (Lipinski definition) is 1. The van der Waals surface area contributed by atoms with Crippen LogP contribution in [-0.2, 0) is 34.7 Å². The SMILES string of the molecule is CC[C@@]1(O)C(=O)OCc2c1cc1n(c2=O)Cc2c-1nc1cc3c(cc1c2CCN1CCCCC1)OCO3. The summed E-state index contributed by atoms with van der Waals surface area (Å²) in [6.45, 7) is 5.29. The average molecular weight is 504 g/mol. The molecule has 1 fully saturated rings. The Balaban J connectivity index is 1.41. The Morgan fingerprint density at radius 3 is 2.59 bits per heavy atom. The van der Waals surface area contributed by atoms with E-state index in [-0.39, 0.29) is 25.4 Å². The van der Waals surface area contributed by atoms with Gasteiger partial charge in [-0.1, -0.05) is 13.3 Å². The Hall–Kier alpha value is -3.43. The third kappa shape index (κ3) is 3.33. The zero-order valence-electron chi connectivity index (χ0n) is 20.8. The summed E-state index contributed by atoms with van der Waals surface area (Å²) in [5.74, 6) is 0.651. The normalized spacial score (nSPS) is 22.1. The van der Waals surface area contributed by atoms with Gasteiger partial charge in [-0.05, 0) is 56.5 Å². The standard InChI is InChI=1S/C28H29N3O6/c1-2-28(34)20-11-22-25-18(13-31(22)26(32)19(20)14-35-27(28)33)16(6-9-30-7-4-3-5-8-30)17-10-23-24(37-15-36-23)12-21(17)29-25/h10-12,34H,2-9,13-15H2,1H3/t28-/m0/s1. The number of piperidine rings is 1. The van der Waals surface area contributed by atoms with Gasteiger partial charge in [-0.3, -0.25) is 4.79 Å². The lowest BCUT2D eigenvalue weighted by Crippen LogP contribution is -2.44. The Bertz CT molecular complexity index is 1520. The van der Waals surface area contributed by atoms with Gasteiger partial charge in [-0.2, -0.15) is 0 Å². The van der Waals surface area contributed by atoms with E-state index in [1.165, 1.54) is 19.3 Å². The van der Waals surface area contributed by atoms with Crippen molar-refractivity contribution in [2.24, 2.45) is 0 Å². The fourth-order valence-corrected chi connectivity index (χ4v) is 6.29. The molecule has 9 nitrogen and oxygen atoms in total. The van der Waals surface area contributed by atoms with Crippen LogP contribution in [0.25, 0.3) is 22.3 Å². The zero-order valence-corrected chi connectivity index (χ0v) is 20.8. The smallest absolute Gasteiger partial charge is 0.343 e. The predicted octanol–water partition coefficient (Wildman–Crippen LogP) is 2.84. The Labute approximate surface area is 213 Å². The first kappa shape index (κ1) is 22.7. The minimum Gasteiger partial charge on any atom is -0.458 e. The highest BCUT2D eigenvalue weighted by Gasteiger charge is 2.45. The number of carbonyl (C=O) groups is 1. The van der Waals surface area contributed by atoms with Crippen LogP contribution >= 0.6 is 0 Å². The van der Waals surface area contributed by atoms with Gasteiger partial charge >= 0.3 is 5.97 Å². The maximum Gasteiger partial charge on any atom is 0.343 e. The van der Waals surface area contributed by atoms with E-state index < -0.39 is 11.6 Å². The van der Waals surface area contributed by atoms with Crippen molar-refractivity contribution in [3.8, 4) is 22.9 Å². The van der Waals surface area contributed by atoms with Gasteiger partial charge in [0.15, 0.2) is 17.1 Å². The Morgan fingerprint density at radius 2 is 1.81 bits per heavy atom. The van der Waals surface area contributed by atoms with Crippen LogP contribution < -0.4 is 15.0 Å². The molecule has 3 aromatic rings. The summed E-state index contributed by atoms with van der Waals surface area (Å²) >= 11 is 0. The van der Waals surface area contributed by atoms with E-state index in [0.717, 1.165) is 53.8 Å². The first-order valence-electron chi connectivity index (χ1n) is 13.1. The van der Waals surface area contributed by atoms with Crippen LogP contribution in [0.2, 0.25) is 0 Å². The number of aromatic nitrogens is 2. The van der Waals surface area contributed by atoms with E-state index in [1.54, 1.807) is 17.6 Å². The van der Waals surface area contributed by atoms with Gasteiger partial charge in [0.25, 0.3) is 5.56 Å². The summed E-state index contributed by atoms with van der Waals surface area (Å²) in [6.07, 6.45) is 4.67. The lowest BCUT2D eigenvalue weighted by Gasteiger charge is -2.31. The number of aliphatic hydroxyl groups is 1. The number of carbonyl (C=O) groups excluding carboxylic acids is 1. The maximum atomic E-state index is 13.6. The van der Waals surface area contributed by atoms with Crippen molar-refractivity contribution in [1.82, 2.24) is 14.5 Å². The second kappa shape index (κ2) is 8.29. The number of esters is 1. The molecule has 0 radical (unpaired) electrons. The van der Waals surface area contributed by atoms with Gasteiger partial charge in [-0.25, -0.2) is 9.78 Å². The minimum atomic E-state index is -1.84. The monoisotopic (exact) mass is 503 g/mol. The maximum absolute atomic E-state index is 13.6. The third-order valence-corrected chi connectivity index (χ3v) is 8.43. The number of rotatable bonds is 4. The number of nitrogens with zero attached hydrogens (tertiary/aromatic N) is 3. The molecule has 1 atom stereocenters. The van der Waals surface area contributed by atoms with Crippen molar-refractivity contribution in [3.63, 3.8) is 0 Å². The van der Waals surface area contributed by atoms with Crippen LogP contribution in [0.3, 0.4) is 0 Å². The number of fused-ring (bicyclic) bond motifs is 6. The third-order valence-electron chi connectivity index (χ3n) is 8.43. The van der Waals surface area contributed by atoms with Gasteiger partial charge in [0.1, 0.15) is 6.61 Å². The van der Waals surface area contributed by atoms with Crippen LogP contribution in [-0.4, -0.2) is 52.0 Å². The molecule has 2 aromatic heterocycles. The highest BCUT2D eigenvalue weighted by Crippen LogP contribution is 2.43. The first-order chi connectivity index (χ1) is 18.0. The topological polar surface area (TPSA) is 103 Å². The molecule has 1 saturated heterocycles. The number of cyclic esters (lactones) is 1. The molecule has 4 aliphatic rings. The van der Waals surface area contributed by atoms with Crippen LogP contribution in [0, 0.1) is 0 Å². The quantitative estimate of drug-likeness (QED) is 0.424. The van der Waals surface area contributed by atoms with E-state index in [0.29, 0.717) is 34.9 Å². The molecule has 1 aromatic carbocycles. The molecular weight excluding hydrogens is 474 g/mol. The first-order valence-corrected chi connectivity index (χ1v) is 13.1. The van der Waals surface area contributed by atoms with Crippen molar-refractivity contribution < 1.29 is 24.1 Å². The Kier molecular flexibility index (Phi) is 5.10. The van der Waals surface area contributed by atoms with Crippen molar-refractivity contribution >= 4 is 16.9 Å². The van der Waals surface area contributed by atoms with Gasteiger partial charge in [-0.15, -0.1) is 0 Å². The lowest BCUT2D eigenvalue weighted by atomic mass is 9.86. The molecule has 1 N–H and O–H groups in total. The number of hydrogen-bond acceptors (Lipinski definition) is 8. The highest BCUT2D eigenvalue weighted by atomic mass is 16.7. The molecular formula is C28H29N3O6. The summed E-state index contributed by atoms with van der Waals surface area (Å²) in [7, 11) is 0.